The first-order chi connectivity index (χ1) is 11.2. The Labute approximate surface area is 142 Å². The molecule has 128 valence electrons. The predicted octanol–water partition coefficient (Wildman–Crippen LogP) is 2.91. The molecule has 2 aromatic carbocycles. The molecule has 0 saturated carbocycles. The van der Waals surface area contributed by atoms with Crippen LogP contribution in [0.5, 0.6) is 0 Å². The molecule has 0 unspecified atom stereocenters. The van der Waals surface area contributed by atoms with E-state index >= 15 is 0 Å². The predicted molar refractivity (Wildman–Crippen MR) is 92.4 cm³/mol. The van der Waals surface area contributed by atoms with E-state index in [1.54, 1.807) is 0 Å². The summed E-state index contributed by atoms with van der Waals surface area (Å²) in [6.45, 7) is 4.13. The molecule has 5 nitrogen and oxygen atoms in total. The summed E-state index contributed by atoms with van der Waals surface area (Å²) in [6.07, 6.45) is 0. The van der Waals surface area contributed by atoms with Crippen molar-refractivity contribution in [2.24, 2.45) is 0 Å². The van der Waals surface area contributed by atoms with Crippen LogP contribution in [0.3, 0.4) is 0 Å². The molecule has 0 spiro atoms. The molecule has 0 heterocycles. The van der Waals surface area contributed by atoms with Gasteiger partial charge in [0.1, 0.15) is 6.61 Å². The van der Waals surface area contributed by atoms with Crippen molar-refractivity contribution in [3.63, 3.8) is 0 Å². The van der Waals surface area contributed by atoms with Gasteiger partial charge < -0.3 is 4.74 Å². The van der Waals surface area contributed by atoms with Gasteiger partial charge in [-0.05, 0) is 49.2 Å². The van der Waals surface area contributed by atoms with Gasteiger partial charge in [0.15, 0.2) is 0 Å². The lowest BCUT2D eigenvalue weighted by atomic mass is 10.1. The molecule has 2 rings (SSSR count). The average molecular weight is 347 g/mol. The summed E-state index contributed by atoms with van der Waals surface area (Å²) in [6, 6.07) is 11.7. The Hall–Kier alpha value is -2.18. The molecule has 6 heteroatoms. The molecular weight excluding hydrogens is 326 g/mol. The van der Waals surface area contributed by atoms with E-state index in [0.717, 1.165) is 21.0 Å². The van der Waals surface area contributed by atoms with E-state index in [1.807, 2.05) is 32.0 Å². The molecule has 2 aromatic rings. The number of hydrogen-bond acceptors (Lipinski definition) is 4. The van der Waals surface area contributed by atoms with Gasteiger partial charge in [-0.1, -0.05) is 23.8 Å². The van der Waals surface area contributed by atoms with E-state index in [9.17, 15) is 13.2 Å². The molecular formula is C18H21NO4S. The van der Waals surface area contributed by atoms with Crippen molar-refractivity contribution in [1.29, 1.82) is 0 Å². The Morgan fingerprint density at radius 1 is 1.04 bits per heavy atom. The number of hydrogen-bond donors (Lipinski definition) is 0. The SMILES string of the molecule is Cc1ccc(C)c(COC(=O)c2ccc(S(=O)(=O)N(C)C)cc2)c1. The third kappa shape index (κ3) is 4.01. The summed E-state index contributed by atoms with van der Waals surface area (Å²) in [4.78, 5) is 12.3. The number of benzene rings is 2. The summed E-state index contributed by atoms with van der Waals surface area (Å²) in [7, 11) is -0.584. The van der Waals surface area contributed by atoms with Crippen LogP contribution in [0.1, 0.15) is 27.0 Å². The summed E-state index contributed by atoms with van der Waals surface area (Å²) < 4.78 is 30.5. The summed E-state index contributed by atoms with van der Waals surface area (Å²) in [5, 5.41) is 0. The van der Waals surface area contributed by atoms with E-state index in [4.69, 9.17) is 4.74 Å². The Kier molecular flexibility index (Phi) is 5.41. The first-order valence-electron chi connectivity index (χ1n) is 7.47. The molecule has 0 bridgehead atoms. The van der Waals surface area contributed by atoms with Gasteiger partial charge in [-0.25, -0.2) is 17.5 Å². The Balaban J connectivity index is 2.09. The molecule has 24 heavy (non-hydrogen) atoms. The fourth-order valence-electron chi connectivity index (χ4n) is 2.16. The van der Waals surface area contributed by atoms with E-state index < -0.39 is 16.0 Å². The lowest BCUT2D eigenvalue weighted by molar-refractivity contribution is 0.0472. The van der Waals surface area contributed by atoms with Crippen LogP contribution in [0.4, 0.5) is 0 Å². The fraction of sp³-hybridized carbons (Fsp3) is 0.278. The lowest BCUT2D eigenvalue weighted by Gasteiger charge is -2.12. The third-order valence-electron chi connectivity index (χ3n) is 3.73. The molecule has 0 aliphatic rings. The number of rotatable bonds is 5. The van der Waals surface area contributed by atoms with Crippen molar-refractivity contribution in [1.82, 2.24) is 4.31 Å². The minimum absolute atomic E-state index is 0.138. The maximum atomic E-state index is 12.1. The van der Waals surface area contributed by atoms with Crippen molar-refractivity contribution >= 4 is 16.0 Å². The maximum absolute atomic E-state index is 12.1. The Bertz CT molecular complexity index is 840. The van der Waals surface area contributed by atoms with Crippen LogP contribution >= 0.6 is 0 Å². The second kappa shape index (κ2) is 7.15. The molecule has 0 amide bonds. The smallest absolute Gasteiger partial charge is 0.338 e. The lowest BCUT2D eigenvalue weighted by Crippen LogP contribution is -2.22. The minimum atomic E-state index is -3.50. The fourth-order valence-corrected chi connectivity index (χ4v) is 3.06. The maximum Gasteiger partial charge on any atom is 0.338 e. The molecule has 0 aliphatic heterocycles. The number of carbonyl (C=O) groups is 1. The third-order valence-corrected chi connectivity index (χ3v) is 5.56. The zero-order chi connectivity index (χ0) is 17.9. The first kappa shape index (κ1) is 18.2. The van der Waals surface area contributed by atoms with E-state index in [0.29, 0.717) is 5.56 Å². The van der Waals surface area contributed by atoms with Gasteiger partial charge in [0.2, 0.25) is 10.0 Å². The zero-order valence-corrected chi connectivity index (χ0v) is 15.1. The standard InChI is InChI=1S/C18H21NO4S/c1-13-5-6-14(2)16(11-13)12-23-18(20)15-7-9-17(10-8-15)24(21,22)19(3)4/h5-11H,12H2,1-4H3. The highest BCUT2D eigenvalue weighted by atomic mass is 32.2. The van der Waals surface area contributed by atoms with Crippen LogP contribution in [0, 0.1) is 13.8 Å². The van der Waals surface area contributed by atoms with Crippen LogP contribution in [-0.2, 0) is 21.4 Å². The second-order valence-electron chi connectivity index (χ2n) is 5.82. The van der Waals surface area contributed by atoms with Gasteiger partial charge in [0.25, 0.3) is 0 Å². The van der Waals surface area contributed by atoms with E-state index in [-0.39, 0.29) is 11.5 Å². The normalized spacial score (nSPS) is 11.5. The van der Waals surface area contributed by atoms with E-state index in [1.165, 1.54) is 38.4 Å². The van der Waals surface area contributed by atoms with Crippen LogP contribution in [0.25, 0.3) is 0 Å². The number of carbonyl (C=O) groups excluding carboxylic acids is 1. The molecule has 0 N–H and O–H groups in total. The summed E-state index contributed by atoms with van der Waals surface area (Å²) >= 11 is 0. The Morgan fingerprint density at radius 2 is 1.67 bits per heavy atom. The molecule has 0 atom stereocenters. The van der Waals surface area contributed by atoms with Crippen molar-refractivity contribution < 1.29 is 17.9 Å². The summed E-state index contributed by atoms with van der Waals surface area (Å²) in [5.41, 5.74) is 3.43. The highest BCUT2D eigenvalue weighted by Gasteiger charge is 2.18. The van der Waals surface area contributed by atoms with Gasteiger partial charge in [-0.15, -0.1) is 0 Å². The second-order valence-corrected chi connectivity index (χ2v) is 7.97. The van der Waals surface area contributed by atoms with Crippen LogP contribution < -0.4 is 0 Å². The molecule has 0 aliphatic carbocycles. The summed E-state index contributed by atoms with van der Waals surface area (Å²) in [5.74, 6) is -0.482. The largest absolute Gasteiger partial charge is 0.457 e. The van der Waals surface area contributed by atoms with Crippen molar-refractivity contribution in [3.8, 4) is 0 Å². The molecule has 0 aromatic heterocycles. The van der Waals surface area contributed by atoms with Crippen molar-refractivity contribution in [3.05, 3.63) is 64.7 Å². The van der Waals surface area contributed by atoms with Crippen molar-refractivity contribution in [2.45, 2.75) is 25.3 Å². The zero-order valence-electron chi connectivity index (χ0n) is 14.2. The number of nitrogens with zero attached hydrogens (tertiary/aromatic N) is 1. The molecule has 0 radical (unpaired) electrons. The topological polar surface area (TPSA) is 63.7 Å². The number of ether oxygens (including phenoxy) is 1. The number of esters is 1. The Morgan fingerprint density at radius 3 is 2.25 bits per heavy atom. The number of aryl methyl sites for hydroxylation is 2. The highest BCUT2D eigenvalue weighted by molar-refractivity contribution is 7.89. The van der Waals surface area contributed by atoms with Gasteiger partial charge >= 0.3 is 5.97 Å². The molecule has 0 fully saturated rings. The first-order valence-corrected chi connectivity index (χ1v) is 8.91. The van der Waals surface area contributed by atoms with Crippen LogP contribution in [0.15, 0.2) is 47.4 Å². The quantitative estimate of drug-likeness (QED) is 0.780. The van der Waals surface area contributed by atoms with Crippen molar-refractivity contribution in [2.75, 3.05) is 14.1 Å². The van der Waals surface area contributed by atoms with Crippen LogP contribution in [-0.4, -0.2) is 32.8 Å². The van der Waals surface area contributed by atoms with Gasteiger partial charge in [-0.2, -0.15) is 0 Å². The minimum Gasteiger partial charge on any atom is -0.457 e. The number of sulfonamides is 1. The van der Waals surface area contributed by atoms with Gasteiger partial charge in [-0.3, -0.25) is 0 Å². The van der Waals surface area contributed by atoms with Gasteiger partial charge in [0, 0.05) is 14.1 Å². The van der Waals surface area contributed by atoms with Crippen LogP contribution in [0.2, 0.25) is 0 Å². The molecule has 0 saturated heterocycles. The monoisotopic (exact) mass is 347 g/mol. The highest BCUT2D eigenvalue weighted by Crippen LogP contribution is 2.16. The van der Waals surface area contributed by atoms with E-state index in [2.05, 4.69) is 0 Å². The van der Waals surface area contributed by atoms with Gasteiger partial charge in [0.05, 0.1) is 10.5 Å². The average Bonchev–Trinajstić information content (AvgIpc) is 2.55.